The van der Waals surface area contributed by atoms with Gasteiger partial charge in [0, 0.05) is 12.6 Å². The molecule has 24 heavy (non-hydrogen) atoms. The van der Waals surface area contributed by atoms with Gasteiger partial charge in [0.25, 0.3) is 0 Å². The smallest absolute Gasteiger partial charge is 0.329 e. The summed E-state index contributed by atoms with van der Waals surface area (Å²) in [7, 11) is 0. The number of rotatable bonds is 7. The zero-order valence-electron chi connectivity index (χ0n) is 14.2. The number of nitrogens with one attached hydrogen (secondary N) is 1. The van der Waals surface area contributed by atoms with Gasteiger partial charge in [-0.25, -0.2) is 4.79 Å². The summed E-state index contributed by atoms with van der Waals surface area (Å²) in [6.07, 6.45) is 5.83. The maximum absolute atomic E-state index is 12.7. The van der Waals surface area contributed by atoms with Gasteiger partial charge in [0.05, 0.1) is 11.0 Å². The molecule has 0 bridgehead atoms. The first-order valence-electron chi connectivity index (χ1n) is 9.16. The van der Waals surface area contributed by atoms with E-state index in [2.05, 4.69) is 12.2 Å². The quantitative estimate of drug-likeness (QED) is 0.849. The molecular weight excluding hydrogens is 302 g/mol. The Morgan fingerprint density at radius 3 is 2.25 bits per heavy atom. The summed E-state index contributed by atoms with van der Waals surface area (Å²) < 4.78 is 3.40. The predicted octanol–water partition coefficient (Wildman–Crippen LogP) is 2.52. The second kappa shape index (κ2) is 6.11. The minimum absolute atomic E-state index is 0.0275. The van der Waals surface area contributed by atoms with Gasteiger partial charge >= 0.3 is 5.69 Å². The molecule has 2 saturated carbocycles. The molecule has 2 aliphatic rings. The molecule has 5 nitrogen and oxygen atoms in total. The Morgan fingerprint density at radius 1 is 1.12 bits per heavy atom. The number of carbonyl (C=O) groups excluding carboxylic acids is 1. The lowest BCUT2D eigenvalue weighted by Gasteiger charge is -2.17. The van der Waals surface area contributed by atoms with Crippen LogP contribution in [0.1, 0.15) is 39.0 Å². The van der Waals surface area contributed by atoms with E-state index in [-0.39, 0.29) is 18.1 Å². The van der Waals surface area contributed by atoms with Crippen LogP contribution in [0.2, 0.25) is 0 Å². The molecule has 0 atom stereocenters. The fourth-order valence-electron chi connectivity index (χ4n) is 3.77. The summed E-state index contributed by atoms with van der Waals surface area (Å²) in [4.78, 5) is 25.3. The average molecular weight is 327 g/mol. The number of benzene rings is 1. The second-order valence-corrected chi connectivity index (χ2v) is 7.28. The van der Waals surface area contributed by atoms with Crippen molar-refractivity contribution in [2.24, 2.45) is 11.8 Å². The van der Waals surface area contributed by atoms with Crippen molar-refractivity contribution in [3.63, 3.8) is 0 Å². The average Bonchev–Trinajstić information content (AvgIpc) is 3.48. The third kappa shape index (κ3) is 2.87. The summed E-state index contributed by atoms with van der Waals surface area (Å²) in [5.41, 5.74) is 1.68. The Kier molecular flexibility index (Phi) is 3.94. The molecule has 1 aromatic heterocycles. The number of amides is 1. The van der Waals surface area contributed by atoms with Crippen LogP contribution in [0.25, 0.3) is 11.0 Å². The van der Waals surface area contributed by atoms with Crippen molar-refractivity contribution in [3.8, 4) is 0 Å². The molecule has 1 heterocycles. The highest BCUT2D eigenvalue weighted by Crippen LogP contribution is 2.44. The molecule has 128 valence electrons. The first kappa shape index (κ1) is 15.5. The SMILES string of the molecule is CCCn1c(=O)n(CC(=O)NC(C2CC2)C2CC2)c2ccccc21. The number of nitrogens with zero attached hydrogens (tertiary/aromatic N) is 2. The molecule has 1 amide bonds. The maximum atomic E-state index is 12.7. The van der Waals surface area contributed by atoms with Crippen LogP contribution in [0.3, 0.4) is 0 Å². The molecule has 1 aromatic carbocycles. The topological polar surface area (TPSA) is 56.0 Å². The van der Waals surface area contributed by atoms with E-state index >= 15 is 0 Å². The van der Waals surface area contributed by atoms with E-state index in [0.29, 0.717) is 24.4 Å². The molecule has 2 fully saturated rings. The summed E-state index contributed by atoms with van der Waals surface area (Å²) in [6, 6.07) is 8.07. The number of imidazole rings is 1. The van der Waals surface area contributed by atoms with Gasteiger partial charge in [-0.1, -0.05) is 19.1 Å². The van der Waals surface area contributed by atoms with Gasteiger partial charge in [-0.05, 0) is 56.1 Å². The van der Waals surface area contributed by atoms with Crippen LogP contribution >= 0.6 is 0 Å². The van der Waals surface area contributed by atoms with Crippen LogP contribution < -0.4 is 11.0 Å². The normalized spacial score (nSPS) is 17.6. The van der Waals surface area contributed by atoms with E-state index in [9.17, 15) is 9.59 Å². The van der Waals surface area contributed by atoms with Crippen molar-refractivity contribution in [2.75, 3.05) is 0 Å². The third-order valence-electron chi connectivity index (χ3n) is 5.26. The van der Waals surface area contributed by atoms with Crippen molar-refractivity contribution < 1.29 is 4.79 Å². The van der Waals surface area contributed by atoms with E-state index < -0.39 is 0 Å². The molecule has 5 heteroatoms. The lowest BCUT2D eigenvalue weighted by atomic mass is 10.1. The predicted molar refractivity (Wildman–Crippen MR) is 93.9 cm³/mol. The van der Waals surface area contributed by atoms with Crippen LogP contribution in [-0.2, 0) is 17.9 Å². The molecule has 0 saturated heterocycles. The number of aromatic nitrogens is 2. The molecule has 0 aliphatic heterocycles. The van der Waals surface area contributed by atoms with Gasteiger partial charge in [0.15, 0.2) is 0 Å². The van der Waals surface area contributed by atoms with Gasteiger partial charge in [0.2, 0.25) is 5.91 Å². The zero-order chi connectivity index (χ0) is 16.7. The van der Waals surface area contributed by atoms with E-state index in [1.165, 1.54) is 25.7 Å². The van der Waals surface area contributed by atoms with Crippen LogP contribution in [0.5, 0.6) is 0 Å². The van der Waals surface area contributed by atoms with Gasteiger partial charge in [-0.2, -0.15) is 0 Å². The molecule has 4 rings (SSSR count). The van der Waals surface area contributed by atoms with E-state index in [0.717, 1.165) is 17.5 Å². The molecule has 2 aliphatic carbocycles. The molecule has 0 radical (unpaired) electrons. The summed E-state index contributed by atoms with van der Waals surface area (Å²) in [6.45, 7) is 2.86. The van der Waals surface area contributed by atoms with E-state index in [1.54, 1.807) is 9.13 Å². The number of hydrogen-bond donors (Lipinski definition) is 1. The lowest BCUT2D eigenvalue weighted by molar-refractivity contribution is -0.122. The Balaban J connectivity index is 1.58. The molecule has 2 aromatic rings. The van der Waals surface area contributed by atoms with Gasteiger partial charge in [0.1, 0.15) is 6.54 Å². The van der Waals surface area contributed by atoms with Crippen LogP contribution in [0.15, 0.2) is 29.1 Å². The van der Waals surface area contributed by atoms with Gasteiger partial charge < -0.3 is 5.32 Å². The maximum Gasteiger partial charge on any atom is 0.329 e. The Bertz CT molecular complexity index is 800. The molecular formula is C19H25N3O2. The van der Waals surface area contributed by atoms with Crippen LogP contribution in [0, 0.1) is 11.8 Å². The number of para-hydroxylation sites is 2. The first-order valence-corrected chi connectivity index (χ1v) is 9.16. The monoisotopic (exact) mass is 327 g/mol. The molecule has 1 N–H and O–H groups in total. The number of fused-ring (bicyclic) bond motifs is 1. The van der Waals surface area contributed by atoms with E-state index in [4.69, 9.17) is 0 Å². The van der Waals surface area contributed by atoms with Crippen molar-refractivity contribution in [2.45, 2.75) is 58.2 Å². The third-order valence-corrected chi connectivity index (χ3v) is 5.26. The fraction of sp³-hybridized carbons (Fsp3) is 0.579. The highest BCUT2D eigenvalue weighted by atomic mass is 16.2. The summed E-state index contributed by atoms with van der Waals surface area (Å²) >= 11 is 0. The van der Waals surface area contributed by atoms with Crippen molar-refractivity contribution in [1.29, 1.82) is 0 Å². The number of carbonyl (C=O) groups is 1. The first-order chi connectivity index (χ1) is 11.7. The van der Waals surface area contributed by atoms with Gasteiger partial charge in [-0.15, -0.1) is 0 Å². The Labute approximate surface area is 141 Å². The Morgan fingerprint density at radius 2 is 1.71 bits per heavy atom. The highest BCUT2D eigenvalue weighted by Gasteiger charge is 2.42. The van der Waals surface area contributed by atoms with Crippen LogP contribution in [-0.4, -0.2) is 21.1 Å². The van der Waals surface area contributed by atoms with Gasteiger partial charge in [-0.3, -0.25) is 13.9 Å². The number of aryl methyl sites for hydroxylation is 1. The highest BCUT2D eigenvalue weighted by molar-refractivity contribution is 5.81. The minimum Gasteiger partial charge on any atom is -0.351 e. The fourth-order valence-corrected chi connectivity index (χ4v) is 3.77. The minimum atomic E-state index is -0.0809. The summed E-state index contributed by atoms with van der Waals surface area (Å²) in [5.74, 6) is 1.31. The van der Waals surface area contributed by atoms with Crippen molar-refractivity contribution >= 4 is 16.9 Å². The molecule has 0 spiro atoms. The largest absolute Gasteiger partial charge is 0.351 e. The van der Waals surface area contributed by atoms with Crippen molar-refractivity contribution in [1.82, 2.24) is 14.5 Å². The number of hydrogen-bond acceptors (Lipinski definition) is 2. The zero-order valence-corrected chi connectivity index (χ0v) is 14.2. The second-order valence-electron chi connectivity index (χ2n) is 7.28. The lowest BCUT2D eigenvalue weighted by Crippen LogP contribution is -2.41. The summed E-state index contributed by atoms with van der Waals surface area (Å²) in [5, 5.41) is 3.21. The molecule has 0 unspecified atom stereocenters. The van der Waals surface area contributed by atoms with Crippen LogP contribution in [0.4, 0.5) is 0 Å². The standard InChI is InChI=1S/C19H25N3O2/c1-2-11-21-15-5-3-4-6-16(15)22(19(21)24)12-17(23)20-18(13-7-8-13)14-9-10-14/h3-6,13-14,18H,2,7-12H2,1H3,(H,20,23). The van der Waals surface area contributed by atoms with Crippen molar-refractivity contribution in [3.05, 3.63) is 34.7 Å². The van der Waals surface area contributed by atoms with E-state index in [1.807, 2.05) is 24.3 Å². The Hall–Kier alpha value is -2.04.